The number of hydrogen-bond donors (Lipinski definition) is 1. The van der Waals surface area contributed by atoms with Gasteiger partial charge in [-0.25, -0.2) is 0 Å². The zero-order valence-corrected chi connectivity index (χ0v) is 9.61. The molecule has 1 rings (SSSR count). The van der Waals surface area contributed by atoms with Crippen molar-refractivity contribution in [2.45, 2.75) is 12.7 Å². The van der Waals surface area contributed by atoms with Gasteiger partial charge in [0.25, 0.3) is 0 Å². The molecule has 0 aliphatic carbocycles. The molecule has 0 spiro atoms. The summed E-state index contributed by atoms with van der Waals surface area (Å²) in [6, 6.07) is 3.77. The van der Waals surface area contributed by atoms with E-state index in [4.69, 9.17) is 0 Å². The Labute approximate surface area is 93.8 Å². The molecule has 1 aromatic carbocycles. The van der Waals surface area contributed by atoms with Gasteiger partial charge in [-0.15, -0.1) is 0 Å². The molecule has 0 atom stereocenters. The van der Waals surface area contributed by atoms with Gasteiger partial charge in [0, 0.05) is 10.1 Å². The summed E-state index contributed by atoms with van der Waals surface area (Å²) in [5.41, 5.74) is 0.280. The first-order chi connectivity index (χ1) is 6.45. The van der Waals surface area contributed by atoms with E-state index in [1.54, 1.807) is 7.05 Å². The van der Waals surface area contributed by atoms with Crippen LogP contribution in [-0.4, -0.2) is 7.05 Å². The molecular formula is C9H9F3IN. The van der Waals surface area contributed by atoms with E-state index in [-0.39, 0.29) is 0 Å². The molecular weight excluding hydrogens is 306 g/mol. The average Bonchev–Trinajstić information content (AvgIpc) is 2.07. The van der Waals surface area contributed by atoms with Crippen LogP contribution in [0, 0.1) is 3.57 Å². The second-order valence-corrected chi connectivity index (χ2v) is 4.00. The van der Waals surface area contributed by atoms with E-state index in [1.165, 1.54) is 6.07 Å². The topological polar surface area (TPSA) is 12.0 Å². The van der Waals surface area contributed by atoms with Crippen LogP contribution in [0.1, 0.15) is 11.1 Å². The Hall–Kier alpha value is -0.300. The Morgan fingerprint density at radius 2 is 2.00 bits per heavy atom. The number of nitrogens with one attached hydrogen (secondary N) is 1. The summed E-state index contributed by atoms with van der Waals surface area (Å²) >= 11 is 1.91. The molecule has 0 saturated heterocycles. The van der Waals surface area contributed by atoms with Crippen molar-refractivity contribution >= 4 is 22.6 Å². The summed E-state index contributed by atoms with van der Waals surface area (Å²) < 4.78 is 37.4. The summed E-state index contributed by atoms with van der Waals surface area (Å²) in [4.78, 5) is 0. The van der Waals surface area contributed by atoms with Gasteiger partial charge in [0.05, 0.1) is 5.56 Å². The van der Waals surface area contributed by atoms with Crippen molar-refractivity contribution in [2.75, 3.05) is 7.05 Å². The van der Waals surface area contributed by atoms with Gasteiger partial charge in [-0.3, -0.25) is 0 Å². The van der Waals surface area contributed by atoms with Crippen LogP contribution >= 0.6 is 22.6 Å². The molecule has 0 heterocycles. The molecule has 5 heteroatoms. The molecule has 0 amide bonds. The van der Waals surface area contributed by atoms with Gasteiger partial charge < -0.3 is 5.32 Å². The third kappa shape index (κ3) is 2.84. The standard InChI is InChI=1S/C9H9F3IN/c1-14-5-6-2-3-7(4-8(6)13)9(10,11)12/h2-4,14H,5H2,1H3. The predicted molar refractivity (Wildman–Crippen MR) is 56.9 cm³/mol. The summed E-state index contributed by atoms with van der Waals surface area (Å²) in [6.07, 6.45) is -4.25. The molecule has 0 aliphatic heterocycles. The predicted octanol–water partition coefficient (Wildman–Crippen LogP) is 3.03. The molecule has 0 fully saturated rings. The van der Waals surface area contributed by atoms with Gasteiger partial charge in [-0.05, 0) is 47.3 Å². The van der Waals surface area contributed by atoms with Crippen molar-refractivity contribution in [3.8, 4) is 0 Å². The normalized spacial score (nSPS) is 11.8. The Bertz CT molecular complexity index is 322. The van der Waals surface area contributed by atoms with Crippen molar-refractivity contribution < 1.29 is 13.2 Å². The highest BCUT2D eigenvalue weighted by molar-refractivity contribution is 14.1. The van der Waals surface area contributed by atoms with Gasteiger partial charge in [0.15, 0.2) is 0 Å². The van der Waals surface area contributed by atoms with E-state index in [0.29, 0.717) is 10.1 Å². The van der Waals surface area contributed by atoms with Crippen LogP contribution in [0.25, 0.3) is 0 Å². The van der Waals surface area contributed by atoms with E-state index in [0.717, 1.165) is 17.7 Å². The monoisotopic (exact) mass is 315 g/mol. The van der Waals surface area contributed by atoms with Gasteiger partial charge in [0.1, 0.15) is 0 Å². The lowest BCUT2D eigenvalue weighted by Gasteiger charge is -2.09. The minimum Gasteiger partial charge on any atom is -0.316 e. The van der Waals surface area contributed by atoms with Crippen molar-refractivity contribution in [1.82, 2.24) is 5.32 Å². The van der Waals surface area contributed by atoms with E-state index in [2.05, 4.69) is 5.32 Å². The lowest BCUT2D eigenvalue weighted by molar-refractivity contribution is -0.137. The molecule has 0 saturated carbocycles. The third-order valence-electron chi connectivity index (χ3n) is 1.75. The minimum atomic E-state index is -4.25. The van der Waals surface area contributed by atoms with Gasteiger partial charge >= 0.3 is 6.18 Å². The zero-order chi connectivity index (χ0) is 10.8. The number of alkyl halides is 3. The summed E-state index contributed by atoms with van der Waals surface area (Å²) in [5, 5.41) is 2.90. The van der Waals surface area contributed by atoms with Crippen LogP contribution < -0.4 is 5.32 Å². The summed E-state index contributed by atoms with van der Waals surface area (Å²) in [7, 11) is 1.76. The van der Waals surface area contributed by atoms with Crippen LogP contribution in [-0.2, 0) is 12.7 Å². The molecule has 0 bridgehead atoms. The van der Waals surface area contributed by atoms with Crippen LogP contribution in [0.3, 0.4) is 0 Å². The van der Waals surface area contributed by atoms with Crippen molar-refractivity contribution in [3.05, 3.63) is 32.9 Å². The average molecular weight is 315 g/mol. The van der Waals surface area contributed by atoms with Gasteiger partial charge in [-0.2, -0.15) is 13.2 Å². The third-order valence-corrected chi connectivity index (χ3v) is 2.75. The highest BCUT2D eigenvalue weighted by atomic mass is 127. The number of hydrogen-bond acceptors (Lipinski definition) is 1. The molecule has 0 unspecified atom stereocenters. The molecule has 0 radical (unpaired) electrons. The maximum Gasteiger partial charge on any atom is 0.416 e. The summed E-state index contributed by atoms with van der Waals surface area (Å²) in [6.45, 7) is 0.580. The van der Waals surface area contributed by atoms with Crippen LogP contribution in [0.2, 0.25) is 0 Å². The molecule has 14 heavy (non-hydrogen) atoms. The highest BCUT2D eigenvalue weighted by Gasteiger charge is 2.30. The minimum absolute atomic E-state index is 0.580. The fraction of sp³-hybridized carbons (Fsp3) is 0.333. The van der Waals surface area contributed by atoms with Gasteiger partial charge in [-0.1, -0.05) is 6.07 Å². The number of halogens is 4. The SMILES string of the molecule is CNCc1ccc(C(F)(F)F)cc1I. The number of benzene rings is 1. The fourth-order valence-corrected chi connectivity index (χ4v) is 1.76. The number of rotatable bonds is 2. The highest BCUT2D eigenvalue weighted by Crippen LogP contribution is 2.30. The van der Waals surface area contributed by atoms with Gasteiger partial charge in [0.2, 0.25) is 0 Å². The fourth-order valence-electron chi connectivity index (χ4n) is 1.06. The van der Waals surface area contributed by atoms with Crippen molar-refractivity contribution in [3.63, 3.8) is 0 Å². The summed E-state index contributed by atoms with van der Waals surface area (Å²) in [5.74, 6) is 0. The largest absolute Gasteiger partial charge is 0.416 e. The first-order valence-electron chi connectivity index (χ1n) is 3.95. The smallest absolute Gasteiger partial charge is 0.316 e. The molecule has 78 valence electrons. The second kappa shape index (κ2) is 4.48. The Morgan fingerprint density at radius 1 is 1.36 bits per heavy atom. The second-order valence-electron chi connectivity index (χ2n) is 2.83. The van der Waals surface area contributed by atoms with Crippen LogP contribution in [0.15, 0.2) is 18.2 Å². The Morgan fingerprint density at radius 3 is 2.43 bits per heavy atom. The van der Waals surface area contributed by atoms with Crippen LogP contribution in [0.4, 0.5) is 13.2 Å². The Kier molecular flexibility index (Phi) is 3.77. The molecule has 0 aliphatic rings. The van der Waals surface area contributed by atoms with Crippen LogP contribution in [0.5, 0.6) is 0 Å². The molecule has 0 aromatic heterocycles. The zero-order valence-electron chi connectivity index (χ0n) is 7.45. The van der Waals surface area contributed by atoms with E-state index in [1.807, 2.05) is 22.6 Å². The molecule has 1 nitrogen and oxygen atoms in total. The van der Waals surface area contributed by atoms with Crippen molar-refractivity contribution in [2.24, 2.45) is 0 Å². The van der Waals surface area contributed by atoms with Crippen molar-refractivity contribution in [1.29, 1.82) is 0 Å². The Balaban J connectivity index is 3.01. The first-order valence-corrected chi connectivity index (χ1v) is 5.03. The molecule has 1 aromatic rings. The lowest BCUT2D eigenvalue weighted by atomic mass is 10.1. The maximum absolute atomic E-state index is 12.3. The quantitative estimate of drug-likeness (QED) is 0.827. The lowest BCUT2D eigenvalue weighted by Crippen LogP contribution is -2.09. The maximum atomic E-state index is 12.3. The van der Waals surface area contributed by atoms with E-state index in [9.17, 15) is 13.2 Å². The first kappa shape index (κ1) is 11.8. The van der Waals surface area contributed by atoms with E-state index < -0.39 is 11.7 Å². The molecule has 1 N–H and O–H groups in total. The van der Waals surface area contributed by atoms with E-state index >= 15 is 0 Å².